The Bertz CT molecular complexity index is 364. The van der Waals surface area contributed by atoms with Crippen LogP contribution in [0.3, 0.4) is 0 Å². The zero-order valence-corrected chi connectivity index (χ0v) is 10.3. The van der Waals surface area contributed by atoms with Crippen LogP contribution in [-0.4, -0.2) is 17.8 Å². The summed E-state index contributed by atoms with van der Waals surface area (Å²) in [6.45, 7) is 0.485. The second-order valence-corrected chi connectivity index (χ2v) is 4.96. The van der Waals surface area contributed by atoms with Crippen LogP contribution in [-0.2, 0) is 0 Å². The smallest absolute Gasteiger partial charge is 0.137 e. The Hall–Kier alpha value is -0.440. The summed E-state index contributed by atoms with van der Waals surface area (Å²) >= 11 is 11.7. The monoisotopic (exact) mass is 260 g/mol. The molecule has 1 atom stereocenters. The van der Waals surface area contributed by atoms with Crippen LogP contribution in [0.2, 0.25) is 10.0 Å². The van der Waals surface area contributed by atoms with Gasteiger partial charge in [-0.15, -0.1) is 0 Å². The molecule has 1 aliphatic carbocycles. The summed E-state index contributed by atoms with van der Waals surface area (Å²) in [7, 11) is 0. The first-order valence-electron chi connectivity index (χ1n) is 5.43. The Labute approximate surface area is 105 Å². The summed E-state index contributed by atoms with van der Waals surface area (Å²) in [4.78, 5) is 0. The highest BCUT2D eigenvalue weighted by molar-refractivity contribution is 6.35. The summed E-state index contributed by atoms with van der Waals surface area (Å²) < 4.78 is 5.49. The molecule has 0 spiro atoms. The van der Waals surface area contributed by atoms with Gasteiger partial charge in [-0.25, -0.2) is 0 Å². The molecule has 0 aliphatic heterocycles. The van der Waals surface area contributed by atoms with Gasteiger partial charge in [0.15, 0.2) is 0 Å². The fourth-order valence-corrected chi connectivity index (χ4v) is 2.06. The van der Waals surface area contributed by atoms with E-state index in [4.69, 9.17) is 27.9 Å². The van der Waals surface area contributed by atoms with E-state index in [1.165, 1.54) is 0 Å². The van der Waals surface area contributed by atoms with Crippen molar-refractivity contribution in [2.24, 2.45) is 5.92 Å². The number of halogens is 2. The van der Waals surface area contributed by atoms with Gasteiger partial charge >= 0.3 is 0 Å². The quantitative estimate of drug-likeness (QED) is 0.878. The van der Waals surface area contributed by atoms with Crippen molar-refractivity contribution >= 4 is 23.2 Å². The van der Waals surface area contributed by atoms with Crippen molar-refractivity contribution in [3.05, 3.63) is 28.2 Å². The molecule has 1 N–H and O–H groups in total. The Kier molecular flexibility index (Phi) is 3.95. The molecule has 1 saturated carbocycles. The molecule has 1 fully saturated rings. The van der Waals surface area contributed by atoms with E-state index in [2.05, 4.69) is 0 Å². The first kappa shape index (κ1) is 12.0. The van der Waals surface area contributed by atoms with Gasteiger partial charge in [0, 0.05) is 11.4 Å². The highest BCUT2D eigenvalue weighted by atomic mass is 35.5. The standard InChI is InChI=1S/C12H14Cl2O2/c13-9-3-4-12(10(14)7-9)16-6-5-11(15)8-1-2-8/h3-4,7-8,11,15H,1-2,5-6H2. The lowest BCUT2D eigenvalue weighted by atomic mass is 10.2. The largest absolute Gasteiger partial charge is 0.492 e. The molecule has 4 heteroatoms. The summed E-state index contributed by atoms with van der Waals surface area (Å²) in [6.07, 6.45) is 2.71. The maximum atomic E-state index is 9.65. The SMILES string of the molecule is OC(CCOc1ccc(Cl)cc1Cl)C1CC1. The maximum absolute atomic E-state index is 9.65. The summed E-state index contributed by atoms with van der Waals surface area (Å²) in [6, 6.07) is 5.13. The summed E-state index contributed by atoms with van der Waals surface area (Å²) in [5, 5.41) is 10.7. The van der Waals surface area contributed by atoms with Crippen LogP contribution >= 0.6 is 23.2 Å². The molecule has 1 aliphatic rings. The lowest BCUT2D eigenvalue weighted by molar-refractivity contribution is 0.119. The first-order valence-corrected chi connectivity index (χ1v) is 6.18. The van der Waals surface area contributed by atoms with Gasteiger partial charge in [-0.05, 0) is 37.0 Å². The molecule has 0 amide bonds. The van der Waals surface area contributed by atoms with E-state index >= 15 is 0 Å². The van der Waals surface area contributed by atoms with Crippen LogP contribution in [0, 0.1) is 5.92 Å². The number of rotatable bonds is 5. The summed E-state index contributed by atoms with van der Waals surface area (Å²) in [5.41, 5.74) is 0. The molecule has 1 aromatic rings. The Morgan fingerprint density at radius 1 is 1.38 bits per heavy atom. The van der Waals surface area contributed by atoms with Crippen molar-refractivity contribution in [3.63, 3.8) is 0 Å². The van der Waals surface area contributed by atoms with Gasteiger partial charge in [0.2, 0.25) is 0 Å². The predicted molar refractivity (Wildman–Crippen MR) is 65.3 cm³/mol. The van der Waals surface area contributed by atoms with Crippen molar-refractivity contribution in [1.82, 2.24) is 0 Å². The van der Waals surface area contributed by atoms with Gasteiger partial charge in [0.1, 0.15) is 5.75 Å². The van der Waals surface area contributed by atoms with Gasteiger partial charge in [0.25, 0.3) is 0 Å². The third-order valence-electron chi connectivity index (χ3n) is 2.73. The van der Waals surface area contributed by atoms with E-state index < -0.39 is 0 Å². The molecule has 88 valence electrons. The van der Waals surface area contributed by atoms with Crippen molar-refractivity contribution in [2.75, 3.05) is 6.61 Å². The minimum absolute atomic E-state index is 0.230. The van der Waals surface area contributed by atoms with E-state index in [1.807, 2.05) is 0 Å². The normalized spacial score (nSPS) is 17.2. The molecule has 0 bridgehead atoms. The number of hydrogen-bond acceptors (Lipinski definition) is 2. The molecule has 2 rings (SSSR count). The van der Waals surface area contributed by atoms with Crippen LogP contribution in [0.15, 0.2) is 18.2 Å². The molecular weight excluding hydrogens is 247 g/mol. The minimum Gasteiger partial charge on any atom is -0.492 e. The lowest BCUT2D eigenvalue weighted by Gasteiger charge is -2.11. The van der Waals surface area contributed by atoms with Gasteiger partial charge in [-0.2, -0.15) is 0 Å². The van der Waals surface area contributed by atoms with Gasteiger partial charge in [0.05, 0.1) is 17.7 Å². The molecule has 0 heterocycles. The predicted octanol–water partition coefficient (Wildman–Crippen LogP) is 3.53. The topological polar surface area (TPSA) is 29.5 Å². The highest BCUT2D eigenvalue weighted by Crippen LogP contribution is 2.34. The van der Waals surface area contributed by atoms with Gasteiger partial charge < -0.3 is 9.84 Å². The molecule has 1 aromatic carbocycles. The first-order chi connectivity index (χ1) is 7.66. The molecule has 0 saturated heterocycles. The van der Waals surface area contributed by atoms with Crippen LogP contribution < -0.4 is 4.74 Å². The van der Waals surface area contributed by atoms with Gasteiger partial charge in [-0.1, -0.05) is 23.2 Å². The minimum atomic E-state index is -0.230. The maximum Gasteiger partial charge on any atom is 0.137 e. The van der Waals surface area contributed by atoms with E-state index in [1.54, 1.807) is 18.2 Å². The van der Waals surface area contributed by atoms with Crippen molar-refractivity contribution in [3.8, 4) is 5.75 Å². The van der Waals surface area contributed by atoms with Crippen molar-refractivity contribution in [1.29, 1.82) is 0 Å². The van der Waals surface area contributed by atoms with E-state index in [0.29, 0.717) is 34.7 Å². The van der Waals surface area contributed by atoms with E-state index in [0.717, 1.165) is 12.8 Å². The van der Waals surface area contributed by atoms with Crippen LogP contribution in [0.25, 0.3) is 0 Å². The van der Waals surface area contributed by atoms with Crippen molar-refractivity contribution < 1.29 is 9.84 Å². The molecule has 16 heavy (non-hydrogen) atoms. The number of hydrogen-bond donors (Lipinski definition) is 1. The molecule has 2 nitrogen and oxygen atoms in total. The number of aliphatic hydroxyl groups excluding tert-OH is 1. The second-order valence-electron chi connectivity index (χ2n) is 4.12. The highest BCUT2D eigenvalue weighted by Gasteiger charge is 2.29. The van der Waals surface area contributed by atoms with Crippen LogP contribution in [0.4, 0.5) is 0 Å². The van der Waals surface area contributed by atoms with Crippen LogP contribution in [0.1, 0.15) is 19.3 Å². The van der Waals surface area contributed by atoms with Crippen LogP contribution in [0.5, 0.6) is 5.75 Å². The Morgan fingerprint density at radius 2 is 2.12 bits per heavy atom. The Morgan fingerprint density at radius 3 is 2.75 bits per heavy atom. The van der Waals surface area contributed by atoms with E-state index in [9.17, 15) is 5.11 Å². The zero-order valence-electron chi connectivity index (χ0n) is 8.83. The van der Waals surface area contributed by atoms with Gasteiger partial charge in [-0.3, -0.25) is 0 Å². The third kappa shape index (κ3) is 3.27. The fraction of sp³-hybridized carbons (Fsp3) is 0.500. The Balaban J connectivity index is 1.80. The summed E-state index contributed by atoms with van der Waals surface area (Å²) in [5.74, 6) is 1.11. The number of benzene rings is 1. The third-order valence-corrected chi connectivity index (χ3v) is 3.26. The number of aliphatic hydroxyl groups is 1. The number of ether oxygens (including phenoxy) is 1. The fourth-order valence-electron chi connectivity index (χ4n) is 1.60. The molecule has 0 aromatic heterocycles. The molecular formula is C12H14Cl2O2. The average molecular weight is 261 g/mol. The molecule has 1 unspecified atom stereocenters. The average Bonchev–Trinajstić information content (AvgIpc) is 3.04. The molecule has 0 radical (unpaired) electrons. The zero-order chi connectivity index (χ0) is 11.5. The van der Waals surface area contributed by atoms with E-state index in [-0.39, 0.29) is 6.10 Å². The van der Waals surface area contributed by atoms with Crippen molar-refractivity contribution in [2.45, 2.75) is 25.4 Å². The lowest BCUT2D eigenvalue weighted by Crippen LogP contribution is -2.13. The second kappa shape index (κ2) is 5.26.